The van der Waals surface area contributed by atoms with Crippen LogP contribution in [0.4, 0.5) is 0 Å². The summed E-state index contributed by atoms with van der Waals surface area (Å²) in [4.78, 5) is 2.78. The molecular formula is C18H36N2. The minimum Gasteiger partial charge on any atom is -0.312 e. The zero-order valence-electron chi connectivity index (χ0n) is 13.9. The van der Waals surface area contributed by atoms with E-state index in [1.165, 1.54) is 83.6 Å². The third kappa shape index (κ3) is 4.73. The molecule has 2 atom stereocenters. The molecule has 2 rings (SSSR count). The van der Waals surface area contributed by atoms with Crippen LogP contribution in [0.5, 0.6) is 0 Å². The summed E-state index contributed by atoms with van der Waals surface area (Å²) in [5.41, 5.74) is 0. The highest BCUT2D eigenvalue weighted by molar-refractivity contribution is 4.89. The molecule has 2 aliphatic rings. The number of hydrogen-bond acceptors (Lipinski definition) is 2. The molecule has 0 aromatic carbocycles. The molecule has 2 unspecified atom stereocenters. The van der Waals surface area contributed by atoms with Gasteiger partial charge in [-0.15, -0.1) is 0 Å². The average Bonchev–Trinajstić information content (AvgIpc) is 2.87. The van der Waals surface area contributed by atoms with E-state index in [-0.39, 0.29) is 0 Å². The van der Waals surface area contributed by atoms with Crippen LogP contribution < -0.4 is 5.32 Å². The van der Waals surface area contributed by atoms with Crippen molar-refractivity contribution in [3.05, 3.63) is 0 Å². The molecule has 0 radical (unpaired) electrons. The van der Waals surface area contributed by atoms with Gasteiger partial charge in [-0.25, -0.2) is 0 Å². The molecule has 0 aromatic heterocycles. The Hall–Kier alpha value is -0.0800. The zero-order chi connectivity index (χ0) is 14.2. The van der Waals surface area contributed by atoms with Gasteiger partial charge in [0.05, 0.1) is 0 Å². The molecule has 0 aliphatic heterocycles. The van der Waals surface area contributed by atoms with Gasteiger partial charge in [0.1, 0.15) is 0 Å². The van der Waals surface area contributed by atoms with Gasteiger partial charge in [-0.1, -0.05) is 51.9 Å². The van der Waals surface area contributed by atoms with E-state index in [9.17, 15) is 0 Å². The molecular weight excluding hydrogens is 244 g/mol. The van der Waals surface area contributed by atoms with Crippen LogP contribution in [0.1, 0.15) is 84.0 Å². The standard InChI is InChI=1S/C18H36N2/c1-3-15-19-17-13-9-6-10-14-18(17)20(2)16-11-7-4-5-8-12-16/h16-19H,3-15H2,1-2H3. The second-order valence-electron chi connectivity index (χ2n) is 7.08. The lowest BCUT2D eigenvalue weighted by Crippen LogP contribution is -2.51. The number of likely N-dealkylation sites (N-methyl/N-ethyl adjacent to an activating group) is 1. The second-order valence-corrected chi connectivity index (χ2v) is 7.08. The molecule has 0 spiro atoms. The molecule has 2 saturated carbocycles. The van der Waals surface area contributed by atoms with Crippen molar-refractivity contribution in [2.75, 3.05) is 13.6 Å². The highest BCUT2D eigenvalue weighted by Crippen LogP contribution is 2.28. The predicted octanol–water partition coefficient (Wildman–Crippen LogP) is 4.34. The van der Waals surface area contributed by atoms with Crippen molar-refractivity contribution in [1.29, 1.82) is 0 Å². The summed E-state index contributed by atoms with van der Waals surface area (Å²) < 4.78 is 0. The number of hydrogen-bond donors (Lipinski definition) is 1. The third-order valence-electron chi connectivity index (χ3n) is 5.56. The summed E-state index contributed by atoms with van der Waals surface area (Å²) in [6, 6.07) is 2.38. The van der Waals surface area contributed by atoms with Crippen LogP contribution >= 0.6 is 0 Å². The summed E-state index contributed by atoms with van der Waals surface area (Å²) in [6.07, 6.45) is 17.1. The lowest BCUT2D eigenvalue weighted by atomic mass is 9.97. The van der Waals surface area contributed by atoms with Gasteiger partial charge in [-0.3, -0.25) is 4.90 Å². The van der Waals surface area contributed by atoms with Crippen molar-refractivity contribution in [3.63, 3.8) is 0 Å². The molecule has 2 aliphatic carbocycles. The molecule has 20 heavy (non-hydrogen) atoms. The first-order valence-electron chi connectivity index (χ1n) is 9.28. The summed E-state index contributed by atoms with van der Waals surface area (Å²) in [5.74, 6) is 0. The van der Waals surface area contributed by atoms with E-state index >= 15 is 0 Å². The van der Waals surface area contributed by atoms with Gasteiger partial charge in [0.15, 0.2) is 0 Å². The largest absolute Gasteiger partial charge is 0.312 e. The molecule has 0 heterocycles. The van der Waals surface area contributed by atoms with Crippen molar-refractivity contribution >= 4 is 0 Å². The topological polar surface area (TPSA) is 15.3 Å². The zero-order valence-corrected chi connectivity index (χ0v) is 13.9. The van der Waals surface area contributed by atoms with Crippen molar-refractivity contribution in [3.8, 4) is 0 Å². The number of nitrogens with zero attached hydrogens (tertiary/aromatic N) is 1. The summed E-state index contributed by atoms with van der Waals surface area (Å²) in [6.45, 7) is 3.48. The van der Waals surface area contributed by atoms with Crippen LogP contribution in [-0.2, 0) is 0 Å². The first-order valence-corrected chi connectivity index (χ1v) is 9.28. The van der Waals surface area contributed by atoms with Crippen LogP contribution in [0.3, 0.4) is 0 Å². The molecule has 0 aromatic rings. The number of rotatable bonds is 5. The molecule has 118 valence electrons. The van der Waals surface area contributed by atoms with E-state index in [4.69, 9.17) is 0 Å². The second kappa shape index (κ2) is 9.04. The SMILES string of the molecule is CCCNC1CCCCCC1N(C)C1CCCCCC1. The van der Waals surface area contributed by atoms with Gasteiger partial charge in [0.25, 0.3) is 0 Å². The maximum Gasteiger partial charge on any atom is 0.0249 e. The fraction of sp³-hybridized carbons (Fsp3) is 1.00. The quantitative estimate of drug-likeness (QED) is 0.754. The van der Waals surface area contributed by atoms with Gasteiger partial charge in [0, 0.05) is 18.1 Å². The first-order chi connectivity index (χ1) is 9.83. The van der Waals surface area contributed by atoms with Crippen LogP contribution in [0.25, 0.3) is 0 Å². The summed E-state index contributed by atoms with van der Waals surface area (Å²) in [5, 5.41) is 3.86. The van der Waals surface area contributed by atoms with Gasteiger partial charge < -0.3 is 5.32 Å². The van der Waals surface area contributed by atoms with E-state index in [0.29, 0.717) is 0 Å². The average molecular weight is 280 g/mol. The predicted molar refractivity (Wildman–Crippen MR) is 88.2 cm³/mol. The lowest BCUT2D eigenvalue weighted by molar-refractivity contribution is 0.119. The van der Waals surface area contributed by atoms with Gasteiger partial charge in [0.2, 0.25) is 0 Å². The molecule has 0 amide bonds. The van der Waals surface area contributed by atoms with Gasteiger partial charge in [-0.05, 0) is 45.7 Å². The Morgan fingerprint density at radius 3 is 2.15 bits per heavy atom. The normalized spacial score (nSPS) is 30.1. The van der Waals surface area contributed by atoms with Crippen molar-refractivity contribution in [2.45, 2.75) is 102 Å². The smallest absolute Gasteiger partial charge is 0.0249 e. The first kappa shape index (κ1) is 16.3. The number of nitrogens with one attached hydrogen (secondary N) is 1. The Balaban J connectivity index is 1.96. The summed E-state index contributed by atoms with van der Waals surface area (Å²) in [7, 11) is 2.42. The maximum absolute atomic E-state index is 3.86. The molecule has 0 saturated heterocycles. The monoisotopic (exact) mass is 280 g/mol. The van der Waals surface area contributed by atoms with E-state index in [0.717, 1.165) is 18.1 Å². The molecule has 2 heteroatoms. The van der Waals surface area contributed by atoms with Crippen LogP contribution in [0.2, 0.25) is 0 Å². The molecule has 1 N–H and O–H groups in total. The fourth-order valence-electron chi connectivity index (χ4n) is 4.28. The minimum atomic E-state index is 0.741. The fourth-order valence-corrected chi connectivity index (χ4v) is 4.28. The van der Waals surface area contributed by atoms with Gasteiger partial charge in [-0.2, -0.15) is 0 Å². The minimum absolute atomic E-state index is 0.741. The molecule has 2 nitrogen and oxygen atoms in total. The lowest BCUT2D eigenvalue weighted by Gasteiger charge is -2.39. The van der Waals surface area contributed by atoms with Crippen LogP contribution in [-0.4, -0.2) is 36.6 Å². The van der Waals surface area contributed by atoms with E-state index in [2.05, 4.69) is 24.2 Å². The highest BCUT2D eigenvalue weighted by atomic mass is 15.2. The van der Waals surface area contributed by atoms with Crippen molar-refractivity contribution in [1.82, 2.24) is 10.2 Å². The Labute approximate surface area is 126 Å². The highest BCUT2D eigenvalue weighted by Gasteiger charge is 2.30. The van der Waals surface area contributed by atoms with Crippen molar-refractivity contribution < 1.29 is 0 Å². The van der Waals surface area contributed by atoms with E-state index in [1.807, 2.05) is 0 Å². The van der Waals surface area contributed by atoms with Gasteiger partial charge >= 0.3 is 0 Å². The van der Waals surface area contributed by atoms with Crippen LogP contribution in [0, 0.1) is 0 Å². The summed E-state index contributed by atoms with van der Waals surface area (Å²) >= 11 is 0. The molecule has 0 bridgehead atoms. The third-order valence-corrected chi connectivity index (χ3v) is 5.56. The van der Waals surface area contributed by atoms with Crippen LogP contribution in [0.15, 0.2) is 0 Å². The Morgan fingerprint density at radius 1 is 0.850 bits per heavy atom. The van der Waals surface area contributed by atoms with E-state index < -0.39 is 0 Å². The van der Waals surface area contributed by atoms with E-state index in [1.54, 1.807) is 0 Å². The Morgan fingerprint density at radius 2 is 1.45 bits per heavy atom. The van der Waals surface area contributed by atoms with Crippen molar-refractivity contribution in [2.24, 2.45) is 0 Å². The Kier molecular flexibility index (Phi) is 7.37. The Bertz CT molecular complexity index is 246. The maximum atomic E-state index is 3.86. The molecule has 2 fully saturated rings.